The van der Waals surface area contributed by atoms with E-state index in [0.717, 1.165) is 0 Å². The predicted molar refractivity (Wildman–Crippen MR) is 47.6 cm³/mol. The minimum absolute atomic E-state index is 0. The first kappa shape index (κ1) is 15.4. The summed E-state index contributed by atoms with van der Waals surface area (Å²) < 4.78 is 4.99. The Bertz CT molecular complexity index is 279. The second kappa shape index (κ2) is 7.31. The Labute approximate surface area is 113 Å². The van der Waals surface area contributed by atoms with Gasteiger partial charge < -0.3 is 15.9 Å². The van der Waals surface area contributed by atoms with Crippen molar-refractivity contribution in [3.05, 3.63) is 29.8 Å². The number of amidine groups is 1. The summed E-state index contributed by atoms with van der Waals surface area (Å²) in [5.41, 5.74) is 5.93. The number of rotatable bonds is 2. The Morgan fingerprint density at radius 2 is 1.92 bits per heavy atom. The van der Waals surface area contributed by atoms with Gasteiger partial charge in [-0.2, -0.15) is 0 Å². The van der Waals surface area contributed by atoms with E-state index < -0.39 is 0 Å². The van der Waals surface area contributed by atoms with Gasteiger partial charge in [-0.3, -0.25) is 5.41 Å². The Morgan fingerprint density at radius 1 is 1.38 bits per heavy atom. The fourth-order valence-electron chi connectivity index (χ4n) is 0.867. The predicted octanol–water partition coefficient (Wildman–Crippen LogP) is 0.155. The van der Waals surface area contributed by atoms with Crippen LogP contribution in [0.1, 0.15) is 5.56 Å². The summed E-state index contributed by atoms with van der Waals surface area (Å²) in [6, 6.07) is 7.18. The molecule has 0 amide bonds. The molecule has 0 aliphatic rings. The Kier molecular flexibility index (Phi) is 8.64. The topological polar surface area (TPSA) is 90.6 Å². The van der Waals surface area contributed by atoms with Crippen molar-refractivity contribution in [3.63, 3.8) is 0 Å². The number of benzene rings is 1. The molecule has 1 radical (unpaired) electrons. The molecule has 1 rings (SSSR count). The summed E-state index contributed by atoms with van der Waals surface area (Å²) in [6.07, 6.45) is 0. The first-order valence-corrected chi connectivity index (χ1v) is 3.23. The van der Waals surface area contributed by atoms with Crippen LogP contribution in [0.15, 0.2) is 24.3 Å². The SMILES string of the molecule is COc1ccccc1C(=N)N.O.[Ac]. The van der Waals surface area contributed by atoms with Gasteiger partial charge >= 0.3 is 0 Å². The zero-order valence-electron chi connectivity index (χ0n) is 7.37. The zero-order valence-corrected chi connectivity index (χ0v) is 12.1. The van der Waals surface area contributed by atoms with Crippen molar-refractivity contribution in [3.8, 4) is 5.75 Å². The number of nitrogens with one attached hydrogen (secondary N) is 1. The average Bonchev–Trinajstić information content (AvgIpc) is 2.04. The molecule has 0 atom stereocenters. The van der Waals surface area contributed by atoms with Crippen molar-refractivity contribution in [1.29, 1.82) is 5.41 Å². The van der Waals surface area contributed by atoms with Crippen molar-refractivity contribution in [1.82, 2.24) is 0 Å². The van der Waals surface area contributed by atoms with E-state index in [1.165, 1.54) is 0 Å². The quantitative estimate of drug-likeness (QED) is 0.552. The van der Waals surface area contributed by atoms with Crippen LogP contribution < -0.4 is 10.5 Å². The molecule has 0 unspecified atom stereocenters. The third-order valence-electron chi connectivity index (χ3n) is 1.40. The number of nitrogens with two attached hydrogens (primary N) is 1. The molecule has 69 valence electrons. The van der Waals surface area contributed by atoms with Crippen LogP contribution in [0.5, 0.6) is 5.75 Å². The molecule has 0 saturated carbocycles. The molecule has 4 nitrogen and oxygen atoms in total. The van der Waals surface area contributed by atoms with Crippen molar-refractivity contribution in [2.24, 2.45) is 5.73 Å². The Hall–Kier alpha value is -0.108. The van der Waals surface area contributed by atoms with Crippen LogP contribution in [0.4, 0.5) is 0 Å². The molecule has 0 heterocycles. The van der Waals surface area contributed by atoms with Crippen LogP contribution in [0.25, 0.3) is 0 Å². The van der Waals surface area contributed by atoms with Gasteiger partial charge in [-0.15, -0.1) is 0 Å². The van der Waals surface area contributed by atoms with Crippen molar-refractivity contribution in [2.45, 2.75) is 0 Å². The minimum Gasteiger partial charge on any atom is -0.496 e. The van der Waals surface area contributed by atoms with Gasteiger partial charge in [0.15, 0.2) is 0 Å². The van der Waals surface area contributed by atoms with Gasteiger partial charge in [0.1, 0.15) is 11.6 Å². The molecular weight excluding hydrogens is 383 g/mol. The molecule has 0 fully saturated rings. The van der Waals surface area contributed by atoms with Crippen molar-refractivity contribution < 1.29 is 54.3 Å². The van der Waals surface area contributed by atoms with E-state index in [-0.39, 0.29) is 55.4 Å². The smallest absolute Gasteiger partial charge is 0.129 e. The van der Waals surface area contributed by atoms with E-state index in [0.29, 0.717) is 11.3 Å². The van der Waals surface area contributed by atoms with Gasteiger partial charge in [0.2, 0.25) is 0 Å². The Morgan fingerprint density at radius 3 is 2.31 bits per heavy atom. The molecule has 0 aliphatic heterocycles. The molecule has 1 aromatic rings. The Balaban J connectivity index is 0. The summed E-state index contributed by atoms with van der Waals surface area (Å²) in [6.45, 7) is 0. The third-order valence-corrected chi connectivity index (χ3v) is 1.40. The maximum Gasteiger partial charge on any atom is 0.129 e. The molecule has 0 spiro atoms. The third kappa shape index (κ3) is 4.08. The van der Waals surface area contributed by atoms with E-state index in [9.17, 15) is 0 Å². The van der Waals surface area contributed by atoms with Gasteiger partial charge in [0.25, 0.3) is 0 Å². The molecule has 0 aliphatic carbocycles. The molecule has 1 aromatic carbocycles. The number of ether oxygens (including phenoxy) is 1. The summed E-state index contributed by atoms with van der Waals surface area (Å²) in [5.74, 6) is 0.669. The molecule has 0 saturated heterocycles. The monoisotopic (exact) mass is 395 g/mol. The molecule has 0 bridgehead atoms. The summed E-state index contributed by atoms with van der Waals surface area (Å²) in [5, 5.41) is 7.18. The van der Waals surface area contributed by atoms with Gasteiger partial charge in [-0.05, 0) is 12.1 Å². The number of nitrogen functional groups attached to an aromatic ring is 1. The van der Waals surface area contributed by atoms with E-state index in [4.69, 9.17) is 15.9 Å². The van der Waals surface area contributed by atoms with E-state index >= 15 is 0 Å². The van der Waals surface area contributed by atoms with Crippen LogP contribution in [0.2, 0.25) is 0 Å². The van der Waals surface area contributed by atoms with E-state index in [1.54, 1.807) is 19.2 Å². The maximum atomic E-state index is 7.18. The normalized spacial score (nSPS) is 7.77. The maximum absolute atomic E-state index is 7.18. The van der Waals surface area contributed by atoms with Gasteiger partial charge in [0.05, 0.1) is 12.7 Å². The number of para-hydroxylation sites is 1. The molecule has 0 aromatic heterocycles. The van der Waals surface area contributed by atoms with E-state index in [1.807, 2.05) is 12.1 Å². The number of methoxy groups -OCH3 is 1. The summed E-state index contributed by atoms with van der Waals surface area (Å²) >= 11 is 0. The summed E-state index contributed by atoms with van der Waals surface area (Å²) in [4.78, 5) is 0. The van der Waals surface area contributed by atoms with Crippen LogP contribution >= 0.6 is 0 Å². The molecule has 5 N–H and O–H groups in total. The van der Waals surface area contributed by atoms with Crippen LogP contribution in [0, 0.1) is 49.5 Å². The average molecular weight is 395 g/mol. The van der Waals surface area contributed by atoms with Crippen LogP contribution in [-0.2, 0) is 0 Å². The van der Waals surface area contributed by atoms with Gasteiger partial charge in [-0.1, -0.05) is 12.1 Å². The van der Waals surface area contributed by atoms with Crippen molar-refractivity contribution in [2.75, 3.05) is 7.11 Å². The fraction of sp³-hybridized carbons (Fsp3) is 0.125. The first-order valence-electron chi connectivity index (χ1n) is 3.23. The fourth-order valence-corrected chi connectivity index (χ4v) is 0.867. The van der Waals surface area contributed by atoms with Gasteiger partial charge in [0, 0.05) is 44.1 Å². The second-order valence-corrected chi connectivity index (χ2v) is 2.11. The molecule has 5 heteroatoms. The number of hydrogen-bond donors (Lipinski definition) is 2. The summed E-state index contributed by atoms with van der Waals surface area (Å²) in [7, 11) is 1.56. The standard InChI is InChI=1S/C8H10N2O.Ac.H2O/c1-11-7-5-3-2-4-6(7)8(9)10;;/h2-5H,1H3,(H3,9,10);;1H2. The van der Waals surface area contributed by atoms with Crippen LogP contribution in [-0.4, -0.2) is 18.4 Å². The molecule has 13 heavy (non-hydrogen) atoms. The van der Waals surface area contributed by atoms with E-state index in [2.05, 4.69) is 0 Å². The second-order valence-electron chi connectivity index (χ2n) is 2.11. The molecular formula is C8H12AcN2O2. The zero-order chi connectivity index (χ0) is 8.27. The minimum atomic E-state index is 0. The van der Waals surface area contributed by atoms with Crippen LogP contribution in [0.3, 0.4) is 0 Å². The van der Waals surface area contributed by atoms with Gasteiger partial charge in [-0.25, -0.2) is 0 Å². The first-order chi connectivity index (χ1) is 5.25. The van der Waals surface area contributed by atoms with Crippen molar-refractivity contribution >= 4 is 5.84 Å². The largest absolute Gasteiger partial charge is 0.496 e. The number of hydrogen-bond acceptors (Lipinski definition) is 2.